The largest absolute Gasteiger partial charge is 0.481 e. The second-order valence-electron chi connectivity index (χ2n) is 4.75. The van der Waals surface area contributed by atoms with E-state index in [1.165, 1.54) is 17.7 Å². The molecule has 0 aromatic heterocycles. The summed E-state index contributed by atoms with van der Waals surface area (Å²) in [6.07, 6.45) is 3.46. The molecule has 2 fully saturated rings. The van der Waals surface area contributed by atoms with E-state index in [0.29, 0.717) is 25.7 Å². The highest BCUT2D eigenvalue weighted by Crippen LogP contribution is 2.18. The molecular weight excluding hydrogens is 222 g/mol. The number of nitrogens with one attached hydrogen (secondary N) is 2. The van der Waals surface area contributed by atoms with E-state index in [-0.39, 0.29) is 11.9 Å². The number of likely N-dealkylation sites (tertiary alicyclic amines) is 1. The molecule has 2 rings (SSSR count). The van der Waals surface area contributed by atoms with Crippen LogP contribution in [0.25, 0.3) is 0 Å². The van der Waals surface area contributed by atoms with Crippen molar-refractivity contribution in [3.63, 3.8) is 0 Å². The van der Waals surface area contributed by atoms with Crippen molar-refractivity contribution < 1.29 is 14.7 Å². The molecule has 0 aromatic rings. The third-order valence-corrected chi connectivity index (χ3v) is 3.16. The van der Waals surface area contributed by atoms with Crippen LogP contribution in [0, 0.1) is 5.92 Å². The molecule has 0 spiro atoms. The number of carbonyl (C=O) groups is 2. The predicted octanol–water partition coefficient (Wildman–Crippen LogP) is -0.145. The molecule has 2 aliphatic rings. The standard InChI is InChI=1S/C11H19N3O3/c15-10(16)8-6-14(7-8)11(17)13-5-1-4-12-9-2-3-9/h8-9,12H,1-7H2,(H,13,17)(H,15,16). The predicted molar refractivity (Wildman–Crippen MR) is 61.7 cm³/mol. The first-order chi connectivity index (χ1) is 8.16. The van der Waals surface area contributed by atoms with E-state index in [1.807, 2.05) is 0 Å². The van der Waals surface area contributed by atoms with Gasteiger partial charge in [-0.2, -0.15) is 0 Å². The second-order valence-corrected chi connectivity index (χ2v) is 4.75. The SMILES string of the molecule is O=C(O)C1CN(C(=O)NCCCNC2CC2)C1. The Bertz CT molecular complexity index is 298. The minimum absolute atomic E-state index is 0.145. The lowest BCUT2D eigenvalue weighted by Gasteiger charge is -2.36. The van der Waals surface area contributed by atoms with Crippen LogP contribution >= 0.6 is 0 Å². The van der Waals surface area contributed by atoms with E-state index in [4.69, 9.17) is 5.11 Å². The first kappa shape index (κ1) is 12.2. The minimum Gasteiger partial charge on any atom is -0.481 e. The van der Waals surface area contributed by atoms with Gasteiger partial charge in [0, 0.05) is 25.7 Å². The van der Waals surface area contributed by atoms with Gasteiger partial charge in [0.25, 0.3) is 0 Å². The van der Waals surface area contributed by atoms with Crippen LogP contribution < -0.4 is 10.6 Å². The summed E-state index contributed by atoms with van der Waals surface area (Å²) in [6, 6.07) is 0.561. The van der Waals surface area contributed by atoms with Gasteiger partial charge in [0.05, 0.1) is 5.92 Å². The number of carbonyl (C=O) groups excluding carboxylic acids is 1. The van der Waals surface area contributed by atoms with Crippen LogP contribution in [0.5, 0.6) is 0 Å². The van der Waals surface area contributed by atoms with Gasteiger partial charge in [0.1, 0.15) is 0 Å². The van der Waals surface area contributed by atoms with E-state index in [1.54, 1.807) is 0 Å². The van der Waals surface area contributed by atoms with Crippen LogP contribution in [-0.4, -0.2) is 54.2 Å². The molecule has 1 aliphatic carbocycles. The number of carboxylic acid groups (broad SMARTS) is 1. The Hall–Kier alpha value is -1.30. The maximum absolute atomic E-state index is 11.5. The number of rotatable bonds is 6. The number of amides is 2. The highest BCUT2D eigenvalue weighted by atomic mass is 16.4. The number of aliphatic carboxylic acids is 1. The van der Waals surface area contributed by atoms with E-state index < -0.39 is 5.97 Å². The number of carboxylic acids is 1. The molecule has 1 saturated carbocycles. The minimum atomic E-state index is -0.817. The third-order valence-electron chi connectivity index (χ3n) is 3.16. The fourth-order valence-electron chi connectivity index (χ4n) is 1.79. The van der Waals surface area contributed by atoms with Crippen LogP contribution in [0.1, 0.15) is 19.3 Å². The van der Waals surface area contributed by atoms with Gasteiger partial charge < -0.3 is 20.6 Å². The third kappa shape index (κ3) is 3.59. The van der Waals surface area contributed by atoms with Crippen LogP contribution in [0.15, 0.2) is 0 Å². The van der Waals surface area contributed by atoms with Crippen molar-refractivity contribution >= 4 is 12.0 Å². The molecule has 1 heterocycles. The van der Waals surface area contributed by atoms with Gasteiger partial charge in [-0.1, -0.05) is 0 Å². The van der Waals surface area contributed by atoms with E-state index in [9.17, 15) is 9.59 Å². The van der Waals surface area contributed by atoms with E-state index >= 15 is 0 Å². The lowest BCUT2D eigenvalue weighted by molar-refractivity contribution is -0.146. The molecular formula is C11H19N3O3. The van der Waals surface area contributed by atoms with Crippen molar-refractivity contribution in [2.24, 2.45) is 5.92 Å². The van der Waals surface area contributed by atoms with Crippen molar-refractivity contribution in [1.29, 1.82) is 0 Å². The molecule has 0 aromatic carbocycles. The molecule has 0 unspecified atom stereocenters. The maximum Gasteiger partial charge on any atom is 0.317 e. The summed E-state index contributed by atoms with van der Waals surface area (Å²) in [5, 5.41) is 14.8. The molecule has 17 heavy (non-hydrogen) atoms. The summed E-state index contributed by atoms with van der Waals surface area (Å²) in [7, 11) is 0. The molecule has 96 valence electrons. The summed E-state index contributed by atoms with van der Waals surface area (Å²) in [5.41, 5.74) is 0. The van der Waals surface area contributed by atoms with Gasteiger partial charge >= 0.3 is 12.0 Å². The monoisotopic (exact) mass is 241 g/mol. The van der Waals surface area contributed by atoms with Crippen molar-refractivity contribution in [3.8, 4) is 0 Å². The van der Waals surface area contributed by atoms with Gasteiger partial charge in [-0.3, -0.25) is 4.79 Å². The second kappa shape index (κ2) is 5.35. The molecule has 6 heteroatoms. The summed E-state index contributed by atoms with van der Waals surface area (Å²) in [4.78, 5) is 23.6. The zero-order valence-corrected chi connectivity index (χ0v) is 9.82. The molecule has 3 N–H and O–H groups in total. The molecule has 0 atom stereocenters. The van der Waals surface area contributed by atoms with Crippen LogP contribution in [0.2, 0.25) is 0 Å². The molecule has 0 bridgehead atoms. The first-order valence-corrected chi connectivity index (χ1v) is 6.16. The Kier molecular flexibility index (Phi) is 3.83. The topological polar surface area (TPSA) is 81.7 Å². The quantitative estimate of drug-likeness (QED) is 0.565. The summed E-state index contributed by atoms with van der Waals surface area (Å²) < 4.78 is 0. The van der Waals surface area contributed by atoms with Gasteiger partial charge in [0.15, 0.2) is 0 Å². The number of hydrogen-bond donors (Lipinski definition) is 3. The van der Waals surface area contributed by atoms with Gasteiger partial charge in [-0.05, 0) is 25.8 Å². The van der Waals surface area contributed by atoms with E-state index in [2.05, 4.69) is 10.6 Å². The average molecular weight is 241 g/mol. The summed E-state index contributed by atoms with van der Waals surface area (Å²) in [6.45, 7) is 2.25. The normalized spacial score (nSPS) is 19.9. The maximum atomic E-state index is 11.5. The van der Waals surface area contributed by atoms with Gasteiger partial charge in [-0.15, -0.1) is 0 Å². The van der Waals surface area contributed by atoms with Crippen LogP contribution in [-0.2, 0) is 4.79 Å². The van der Waals surface area contributed by atoms with Crippen molar-refractivity contribution in [3.05, 3.63) is 0 Å². The van der Waals surface area contributed by atoms with Crippen molar-refractivity contribution in [2.45, 2.75) is 25.3 Å². The molecule has 1 saturated heterocycles. The Labute approximate surface area is 100 Å². The molecule has 2 amide bonds. The highest BCUT2D eigenvalue weighted by Gasteiger charge is 2.35. The lowest BCUT2D eigenvalue weighted by atomic mass is 10.0. The fourth-order valence-corrected chi connectivity index (χ4v) is 1.79. The zero-order valence-electron chi connectivity index (χ0n) is 9.82. The van der Waals surface area contributed by atoms with Crippen LogP contribution in [0.4, 0.5) is 4.79 Å². The van der Waals surface area contributed by atoms with Gasteiger partial charge in [-0.25, -0.2) is 4.79 Å². The number of hydrogen-bond acceptors (Lipinski definition) is 3. The number of nitrogens with zero attached hydrogens (tertiary/aromatic N) is 1. The number of urea groups is 1. The fraction of sp³-hybridized carbons (Fsp3) is 0.818. The van der Waals surface area contributed by atoms with Crippen molar-refractivity contribution in [1.82, 2.24) is 15.5 Å². The molecule has 1 aliphatic heterocycles. The highest BCUT2D eigenvalue weighted by molar-refractivity contribution is 5.79. The average Bonchev–Trinajstić information content (AvgIpc) is 2.98. The summed E-state index contributed by atoms with van der Waals surface area (Å²) >= 11 is 0. The Balaban J connectivity index is 1.48. The smallest absolute Gasteiger partial charge is 0.317 e. The van der Waals surface area contributed by atoms with Gasteiger partial charge in [0.2, 0.25) is 0 Å². The molecule has 0 radical (unpaired) electrons. The Morgan fingerprint density at radius 3 is 2.53 bits per heavy atom. The first-order valence-electron chi connectivity index (χ1n) is 6.16. The Morgan fingerprint density at radius 1 is 1.24 bits per heavy atom. The summed E-state index contributed by atoms with van der Waals surface area (Å²) in [5.74, 6) is -1.19. The lowest BCUT2D eigenvalue weighted by Crippen LogP contribution is -2.56. The zero-order chi connectivity index (χ0) is 12.3. The van der Waals surface area contributed by atoms with Crippen LogP contribution in [0.3, 0.4) is 0 Å². The Morgan fingerprint density at radius 2 is 1.94 bits per heavy atom. The van der Waals surface area contributed by atoms with E-state index in [0.717, 1.165) is 13.0 Å². The molecule has 6 nitrogen and oxygen atoms in total. The van der Waals surface area contributed by atoms with Crippen molar-refractivity contribution in [2.75, 3.05) is 26.2 Å².